The van der Waals surface area contributed by atoms with Gasteiger partial charge in [-0.2, -0.15) is 10.5 Å². The van der Waals surface area contributed by atoms with E-state index in [9.17, 15) is 10.5 Å². The highest BCUT2D eigenvalue weighted by molar-refractivity contribution is 7.99. The highest BCUT2D eigenvalue weighted by atomic mass is 32.2. The summed E-state index contributed by atoms with van der Waals surface area (Å²) in [6.45, 7) is 0. The fourth-order valence-corrected chi connectivity index (χ4v) is 7.26. The molecule has 0 aromatic heterocycles. The molecule has 0 radical (unpaired) electrons. The van der Waals surface area contributed by atoms with Gasteiger partial charge in [-0.15, -0.1) is 0 Å². The zero-order valence-electron chi connectivity index (χ0n) is 22.4. The quantitative estimate of drug-likeness (QED) is 0.201. The molecule has 7 aromatic rings. The number of nitrogens with zero attached hydrogens (tertiary/aromatic N) is 3. The fourth-order valence-electron chi connectivity index (χ4n) is 6.20. The predicted octanol–water partition coefficient (Wildman–Crippen LogP) is 10.5. The van der Waals surface area contributed by atoms with Gasteiger partial charge in [0, 0.05) is 21.0 Å². The average molecular weight is 552 g/mol. The Morgan fingerprint density at radius 3 is 1.67 bits per heavy atom. The number of para-hydroxylation sites is 2. The largest absolute Gasteiger partial charge is 0.308 e. The van der Waals surface area contributed by atoms with Crippen molar-refractivity contribution in [3.05, 3.63) is 139 Å². The number of hydrogen-bond donors (Lipinski definition) is 0. The van der Waals surface area contributed by atoms with Crippen molar-refractivity contribution in [3.8, 4) is 23.3 Å². The first-order valence-electron chi connectivity index (χ1n) is 13.7. The molecule has 1 aliphatic rings. The summed E-state index contributed by atoms with van der Waals surface area (Å²) in [5.41, 5.74) is 6.11. The summed E-state index contributed by atoms with van der Waals surface area (Å²) in [5, 5.41) is 26.4. The van der Waals surface area contributed by atoms with Gasteiger partial charge in [-0.1, -0.05) is 84.6 Å². The monoisotopic (exact) mass is 551 g/mol. The molecule has 1 aliphatic heterocycles. The van der Waals surface area contributed by atoms with Gasteiger partial charge in [-0.25, -0.2) is 0 Å². The Kier molecular flexibility index (Phi) is 5.50. The Bertz CT molecular complexity index is 2250. The summed E-state index contributed by atoms with van der Waals surface area (Å²) in [6, 6.07) is 48.7. The molecule has 42 heavy (non-hydrogen) atoms. The van der Waals surface area contributed by atoms with Crippen LogP contribution in [-0.2, 0) is 0 Å². The van der Waals surface area contributed by atoms with E-state index in [1.165, 1.54) is 42.7 Å². The summed E-state index contributed by atoms with van der Waals surface area (Å²) in [6.07, 6.45) is 0. The van der Waals surface area contributed by atoms with Gasteiger partial charge >= 0.3 is 0 Å². The van der Waals surface area contributed by atoms with E-state index in [0.29, 0.717) is 16.7 Å². The first-order valence-corrected chi connectivity index (χ1v) is 14.5. The Labute approximate surface area is 247 Å². The SMILES string of the molecule is N#Cc1cccc(C#N)c1-c1ccc2c(ccc3c4ccc(N5c6ccccc6Sc6ccccc65)cc4ccc23)c1. The van der Waals surface area contributed by atoms with E-state index < -0.39 is 0 Å². The smallest absolute Gasteiger partial charge is 0.0998 e. The van der Waals surface area contributed by atoms with Crippen LogP contribution < -0.4 is 4.90 Å². The average Bonchev–Trinajstić information content (AvgIpc) is 3.05. The van der Waals surface area contributed by atoms with E-state index >= 15 is 0 Å². The van der Waals surface area contributed by atoms with Gasteiger partial charge in [0.2, 0.25) is 0 Å². The van der Waals surface area contributed by atoms with Crippen LogP contribution >= 0.6 is 11.8 Å². The first kappa shape index (κ1) is 24.3. The first-order chi connectivity index (χ1) is 20.7. The highest BCUT2D eigenvalue weighted by Gasteiger charge is 2.24. The normalized spacial score (nSPS) is 12.1. The van der Waals surface area contributed by atoms with Gasteiger partial charge in [0.15, 0.2) is 0 Å². The molecule has 0 saturated heterocycles. The molecule has 0 atom stereocenters. The lowest BCUT2D eigenvalue weighted by Crippen LogP contribution is -2.14. The maximum atomic E-state index is 9.69. The van der Waals surface area contributed by atoms with Crippen molar-refractivity contribution in [2.75, 3.05) is 4.90 Å². The molecule has 0 spiro atoms. The molecule has 0 saturated carbocycles. The topological polar surface area (TPSA) is 50.8 Å². The van der Waals surface area contributed by atoms with Crippen LogP contribution in [0.25, 0.3) is 43.4 Å². The Morgan fingerprint density at radius 2 is 1.05 bits per heavy atom. The second kappa shape index (κ2) is 9.53. The van der Waals surface area contributed by atoms with Crippen molar-refractivity contribution < 1.29 is 0 Å². The van der Waals surface area contributed by atoms with Crippen molar-refractivity contribution in [3.63, 3.8) is 0 Å². The van der Waals surface area contributed by atoms with E-state index in [1.54, 1.807) is 18.2 Å². The van der Waals surface area contributed by atoms with E-state index in [2.05, 4.69) is 120 Å². The minimum Gasteiger partial charge on any atom is -0.308 e. The second-order valence-corrected chi connectivity index (χ2v) is 11.5. The number of hydrogen-bond acceptors (Lipinski definition) is 4. The summed E-state index contributed by atoms with van der Waals surface area (Å²) < 4.78 is 0. The van der Waals surface area contributed by atoms with Crippen LogP contribution in [0.5, 0.6) is 0 Å². The summed E-state index contributed by atoms with van der Waals surface area (Å²) in [7, 11) is 0. The molecule has 194 valence electrons. The van der Waals surface area contributed by atoms with E-state index in [0.717, 1.165) is 22.0 Å². The molecule has 7 aromatic carbocycles. The molecule has 3 nitrogen and oxygen atoms in total. The highest BCUT2D eigenvalue weighted by Crippen LogP contribution is 2.51. The Hall–Kier alpha value is -5.55. The molecular weight excluding hydrogens is 531 g/mol. The van der Waals surface area contributed by atoms with Crippen LogP contribution in [0, 0.1) is 22.7 Å². The number of nitriles is 2. The van der Waals surface area contributed by atoms with Gasteiger partial charge in [0.1, 0.15) is 0 Å². The van der Waals surface area contributed by atoms with Crippen LogP contribution in [-0.4, -0.2) is 0 Å². The van der Waals surface area contributed by atoms with Gasteiger partial charge in [0.25, 0.3) is 0 Å². The van der Waals surface area contributed by atoms with Crippen molar-refractivity contribution >= 4 is 61.1 Å². The lowest BCUT2D eigenvalue weighted by atomic mass is 9.91. The molecule has 0 amide bonds. The van der Waals surface area contributed by atoms with Crippen LogP contribution in [0.15, 0.2) is 137 Å². The molecule has 4 heteroatoms. The number of benzene rings is 7. The Morgan fingerprint density at radius 1 is 0.500 bits per heavy atom. The van der Waals surface area contributed by atoms with E-state index in [-0.39, 0.29) is 0 Å². The zero-order chi connectivity index (χ0) is 28.2. The van der Waals surface area contributed by atoms with Gasteiger partial charge in [0.05, 0.1) is 34.6 Å². The molecule has 8 rings (SSSR count). The molecular formula is C38H21N3S. The van der Waals surface area contributed by atoms with Crippen LogP contribution in [0.3, 0.4) is 0 Å². The van der Waals surface area contributed by atoms with E-state index in [4.69, 9.17) is 0 Å². The maximum absolute atomic E-state index is 9.69. The maximum Gasteiger partial charge on any atom is 0.0998 e. The minimum absolute atomic E-state index is 0.508. The third-order valence-corrected chi connectivity index (χ3v) is 9.23. The van der Waals surface area contributed by atoms with Crippen molar-refractivity contribution in [1.82, 2.24) is 0 Å². The number of anilines is 3. The lowest BCUT2D eigenvalue weighted by Gasteiger charge is -2.33. The molecule has 0 bridgehead atoms. The molecule has 0 unspecified atom stereocenters. The number of rotatable bonds is 2. The Balaban J connectivity index is 1.27. The summed E-state index contributed by atoms with van der Waals surface area (Å²) in [5.74, 6) is 0. The van der Waals surface area contributed by atoms with Gasteiger partial charge in [-0.05, 0) is 92.5 Å². The van der Waals surface area contributed by atoms with Crippen molar-refractivity contribution in [1.29, 1.82) is 10.5 Å². The summed E-state index contributed by atoms with van der Waals surface area (Å²) in [4.78, 5) is 4.86. The number of fused-ring (bicyclic) bond motifs is 7. The lowest BCUT2D eigenvalue weighted by molar-refractivity contribution is 1.17. The molecule has 0 fully saturated rings. The molecule has 1 heterocycles. The molecule has 0 aliphatic carbocycles. The van der Waals surface area contributed by atoms with Crippen LogP contribution in [0.1, 0.15) is 11.1 Å². The zero-order valence-corrected chi connectivity index (χ0v) is 23.2. The fraction of sp³-hybridized carbons (Fsp3) is 0. The van der Waals surface area contributed by atoms with Crippen molar-refractivity contribution in [2.24, 2.45) is 0 Å². The third-order valence-electron chi connectivity index (χ3n) is 8.10. The van der Waals surface area contributed by atoms with Crippen LogP contribution in [0.4, 0.5) is 17.1 Å². The van der Waals surface area contributed by atoms with E-state index in [1.807, 2.05) is 17.8 Å². The predicted molar refractivity (Wildman–Crippen MR) is 173 cm³/mol. The minimum atomic E-state index is 0.508. The van der Waals surface area contributed by atoms with Crippen LogP contribution in [0.2, 0.25) is 0 Å². The van der Waals surface area contributed by atoms with Gasteiger partial charge in [-0.3, -0.25) is 0 Å². The second-order valence-electron chi connectivity index (χ2n) is 10.4. The standard InChI is InChI=1S/C38H21N3S/c39-22-27-6-5-7-28(23-40)38(27)26-14-16-30-24(20-26)12-17-33-31-19-15-29(21-25(31)13-18-32(30)33)41-34-8-1-3-10-36(34)42-37-11-4-2-9-35(37)41/h1-21H. The van der Waals surface area contributed by atoms with Gasteiger partial charge < -0.3 is 4.90 Å². The molecule has 0 N–H and O–H groups in total. The summed E-state index contributed by atoms with van der Waals surface area (Å²) >= 11 is 1.82. The third kappa shape index (κ3) is 3.67. The van der Waals surface area contributed by atoms with Crippen molar-refractivity contribution in [2.45, 2.75) is 9.79 Å².